The summed E-state index contributed by atoms with van der Waals surface area (Å²) in [5.74, 6) is -0.751. The van der Waals surface area contributed by atoms with Crippen molar-refractivity contribution in [3.63, 3.8) is 0 Å². The monoisotopic (exact) mass is 432 g/mol. The van der Waals surface area contributed by atoms with E-state index in [1.807, 2.05) is 4.90 Å². The van der Waals surface area contributed by atoms with E-state index < -0.39 is 11.6 Å². The number of benzene rings is 1. The van der Waals surface area contributed by atoms with Crippen LogP contribution in [0.15, 0.2) is 18.2 Å². The van der Waals surface area contributed by atoms with Gasteiger partial charge < -0.3 is 15.6 Å². The average Bonchev–Trinajstić information content (AvgIpc) is 3.03. The van der Waals surface area contributed by atoms with E-state index in [1.165, 1.54) is 12.1 Å². The van der Waals surface area contributed by atoms with Crippen molar-refractivity contribution in [2.24, 2.45) is 11.7 Å². The Hall–Kier alpha value is -1.70. The van der Waals surface area contributed by atoms with Crippen LogP contribution in [0.5, 0.6) is 0 Å². The molecule has 0 spiro atoms. The zero-order valence-corrected chi connectivity index (χ0v) is 16.9. The number of imidazole rings is 1. The predicted molar refractivity (Wildman–Crippen MR) is 107 cm³/mol. The number of carbonyl (C=O) groups excluding carboxylic acids is 1. The molecule has 1 saturated carbocycles. The minimum Gasteiger partial charge on any atom is -0.340 e. The second kappa shape index (κ2) is 9.20. The van der Waals surface area contributed by atoms with Crippen LogP contribution in [0.4, 0.5) is 8.78 Å². The molecule has 1 fully saturated rings. The molecule has 2 aromatic rings. The molecule has 0 bridgehead atoms. The molecule has 2 heterocycles. The van der Waals surface area contributed by atoms with Crippen LogP contribution in [-0.2, 0) is 17.8 Å². The summed E-state index contributed by atoms with van der Waals surface area (Å²) < 4.78 is 27.1. The summed E-state index contributed by atoms with van der Waals surface area (Å²) in [4.78, 5) is 22.2. The summed E-state index contributed by atoms with van der Waals surface area (Å²) in [5.41, 5.74) is 7.91. The van der Waals surface area contributed by atoms with Gasteiger partial charge >= 0.3 is 0 Å². The third-order valence-corrected chi connectivity index (χ3v) is 5.39. The predicted octanol–water partition coefficient (Wildman–Crippen LogP) is 3.60. The zero-order valence-electron chi connectivity index (χ0n) is 15.3. The van der Waals surface area contributed by atoms with Crippen molar-refractivity contribution in [3.8, 4) is 11.4 Å². The Morgan fingerprint density at radius 3 is 2.75 bits per heavy atom. The number of halogens is 4. The van der Waals surface area contributed by atoms with Crippen LogP contribution in [0.3, 0.4) is 0 Å². The molecule has 154 valence electrons. The molecule has 0 unspecified atom stereocenters. The number of carbonyl (C=O) groups is 1. The minimum absolute atomic E-state index is 0. The zero-order chi connectivity index (χ0) is 18.3. The van der Waals surface area contributed by atoms with E-state index in [1.54, 1.807) is 0 Å². The molecule has 9 heteroatoms. The Balaban J connectivity index is 0.00000140. The molecule has 5 nitrogen and oxygen atoms in total. The van der Waals surface area contributed by atoms with E-state index in [0.717, 1.165) is 43.1 Å². The van der Waals surface area contributed by atoms with Crippen LogP contribution >= 0.6 is 24.8 Å². The molecular formula is C19H24Cl2F2N4O. The van der Waals surface area contributed by atoms with Gasteiger partial charge in [-0.25, -0.2) is 13.8 Å². The lowest BCUT2D eigenvalue weighted by molar-refractivity contribution is -0.137. The van der Waals surface area contributed by atoms with Crippen LogP contribution in [0.2, 0.25) is 0 Å². The standard InChI is InChI=1S/C19H22F2N4O.2ClH/c20-12-4-5-14(15(21)9-12)18-23-16-6-7-25(10-17(16)24-18)19(26)11-2-1-3-13(22)8-11;;/h4-5,9,11,13H,1-3,6-8,10,22H2,(H,23,24);2*1H/t11-,13+;;/m1../s1. The van der Waals surface area contributed by atoms with Crippen LogP contribution in [0.1, 0.15) is 37.1 Å². The van der Waals surface area contributed by atoms with E-state index >= 15 is 0 Å². The van der Waals surface area contributed by atoms with Crippen molar-refractivity contribution in [1.29, 1.82) is 0 Å². The number of H-pyrrole nitrogens is 1. The Morgan fingerprint density at radius 1 is 1.25 bits per heavy atom. The third kappa shape index (κ3) is 4.47. The first-order valence-electron chi connectivity index (χ1n) is 9.09. The van der Waals surface area contributed by atoms with E-state index in [-0.39, 0.29) is 48.2 Å². The fourth-order valence-corrected chi connectivity index (χ4v) is 4.00. The first-order chi connectivity index (χ1) is 12.5. The van der Waals surface area contributed by atoms with Crippen molar-refractivity contribution in [3.05, 3.63) is 41.2 Å². The van der Waals surface area contributed by atoms with Gasteiger partial charge in [-0.2, -0.15) is 0 Å². The molecule has 1 aliphatic carbocycles. The second-order valence-electron chi connectivity index (χ2n) is 7.27. The van der Waals surface area contributed by atoms with Crippen molar-refractivity contribution in [1.82, 2.24) is 14.9 Å². The number of rotatable bonds is 2. The lowest BCUT2D eigenvalue weighted by Crippen LogP contribution is -2.43. The maximum atomic E-state index is 14.0. The lowest BCUT2D eigenvalue weighted by Gasteiger charge is -2.33. The first kappa shape index (κ1) is 22.6. The molecule has 1 amide bonds. The maximum absolute atomic E-state index is 14.0. The molecule has 0 saturated heterocycles. The fraction of sp³-hybridized carbons (Fsp3) is 0.474. The topological polar surface area (TPSA) is 75.0 Å². The SMILES string of the molecule is Cl.Cl.N[C@H]1CCC[C@@H](C(=O)N2CCc3nc(-c4ccc(F)cc4F)[nH]c3C2)C1. The van der Waals surface area contributed by atoms with Gasteiger partial charge in [0.05, 0.1) is 23.5 Å². The Bertz CT molecular complexity index is 845. The van der Waals surface area contributed by atoms with Gasteiger partial charge in [-0.15, -0.1) is 24.8 Å². The van der Waals surface area contributed by atoms with Crippen molar-refractivity contribution in [2.75, 3.05) is 6.54 Å². The highest BCUT2D eigenvalue weighted by molar-refractivity contribution is 5.85. The molecule has 1 aromatic carbocycles. The van der Waals surface area contributed by atoms with Gasteiger partial charge in [0.1, 0.15) is 17.5 Å². The maximum Gasteiger partial charge on any atom is 0.226 e. The number of hydrogen-bond donors (Lipinski definition) is 2. The largest absolute Gasteiger partial charge is 0.340 e. The summed E-state index contributed by atoms with van der Waals surface area (Å²) in [7, 11) is 0. The van der Waals surface area contributed by atoms with Crippen LogP contribution in [-0.4, -0.2) is 33.4 Å². The van der Waals surface area contributed by atoms with E-state index in [2.05, 4.69) is 9.97 Å². The van der Waals surface area contributed by atoms with E-state index in [9.17, 15) is 13.6 Å². The number of aromatic nitrogens is 2. The molecule has 2 atom stereocenters. The Morgan fingerprint density at radius 2 is 2.04 bits per heavy atom. The molecule has 2 aliphatic rings. The molecular weight excluding hydrogens is 409 g/mol. The number of nitrogens with two attached hydrogens (primary N) is 1. The summed E-state index contributed by atoms with van der Waals surface area (Å²) in [5, 5.41) is 0. The first-order valence-corrected chi connectivity index (χ1v) is 9.09. The van der Waals surface area contributed by atoms with Crippen LogP contribution in [0.25, 0.3) is 11.4 Å². The van der Waals surface area contributed by atoms with Gasteiger partial charge in [0.25, 0.3) is 0 Å². The van der Waals surface area contributed by atoms with Gasteiger partial charge in [-0.1, -0.05) is 6.42 Å². The van der Waals surface area contributed by atoms with Gasteiger partial charge in [-0.05, 0) is 31.4 Å². The minimum atomic E-state index is -0.653. The average molecular weight is 433 g/mol. The van der Waals surface area contributed by atoms with Crippen LogP contribution in [0, 0.1) is 17.6 Å². The van der Waals surface area contributed by atoms with E-state index in [4.69, 9.17) is 5.73 Å². The smallest absolute Gasteiger partial charge is 0.226 e. The molecule has 4 rings (SSSR count). The molecule has 0 radical (unpaired) electrons. The number of hydrogen-bond acceptors (Lipinski definition) is 3. The summed E-state index contributed by atoms with van der Waals surface area (Å²) in [6.07, 6.45) is 4.25. The number of amides is 1. The Kier molecular flexibility index (Phi) is 7.42. The fourth-order valence-electron chi connectivity index (χ4n) is 4.00. The highest BCUT2D eigenvalue weighted by atomic mass is 35.5. The highest BCUT2D eigenvalue weighted by Crippen LogP contribution is 2.29. The van der Waals surface area contributed by atoms with Gasteiger partial charge in [0.2, 0.25) is 5.91 Å². The number of fused-ring (bicyclic) bond motifs is 1. The van der Waals surface area contributed by atoms with Gasteiger partial charge in [-0.3, -0.25) is 4.79 Å². The summed E-state index contributed by atoms with van der Waals surface area (Å²) in [6.45, 7) is 1.05. The number of nitrogens with one attached hydrogen (secondary N) is 1. The van der Waals surface area contributed by atoms with E-state index in [0.29, 0.717) is 25.3 Å². The van der Waals surface area contributed by atoms with Crippen LogP contribution < -0.4 is 5.73 Å². The molecule has 28 heavy (non-hydrogen) atoms. The highest BCUT2D eigenvalue weighted by Gasteiger charge is 2.31. The molecule has 1 aliphatic heterocycles. The second-order valence-corrected chi connectivity index (χ2v) is 7.27. The third-order valence-electron chi connectivity index (χ3n) is 5.39. The van der Waals surface area contributed by atoms with Crippen molar-refractivity contribution < 1.29 is 13.6 Å². The van der Waals surface area contributed by atoms with Crippen molar-refractivity contribution in [2.45, 2.75) is 44.7 Å². The quantitative estimate of drug-likeness (QED) is 0.760. The summed E-state index contributed by atoms with van der Waals surface area (Å²) in [6, 6.07) is 3.54. The number of nitrogens with zero attached hydrogens (tertiary/aromatic N) is 2. The Labute approximate surface area is 174 Å². The van der Waals surface area contributed by atoms with Gasteiger partial charge in [0.15, 0.2) is 0 Å². The molecule has 3 N–H and O–H groups in total. The lowest BCUT2D eigenvalue weighted by atomic mass is 9.85. The summed E-state index contributed by atoms with van der Waals surface area (Å²) >= 11 is 0. The van der Waals surface area contributed by atoms with Crippen molar-refractivity contribution >= 4 is 30.7 Å². The normalized spacial score (nSPS) is 21.3. The van der Waals surface area contributed by atoms with Gasteiger partial charge in [0, 0.05) is 31.0 Å². The number of aromatic amines is 1. The molecule has 1 aromatic heterocycles.